The number of ether oxygens (including phenoxy) is 1. The van der Waals surface area contributed by atoms with Crippen molar-refractivity contribution >= 4 is 18.3 Å². The standard InChI is InChI=1S/C15H19FN2O2.ClH/c1-15(2)6-11-5-12(20-9-10(7-16)8-17)3-4-13(11)14(19)18-15;/h3-5,7H,6,8-9,17H2,1-2H3,(H,18,19);1H/b10-7+;. The summed E-state index contributed by atoms with van der Waals surface area (Å²) in [6, 6.07) is 5.28. The molecule has 2 rings (SSSR count). The molecule has 1 amide bonds. The van der Waals surface area contributed by atoms with Gasteiger partial charge in [0.15, 0.2) is 0 Å². The van der Waals surface area contributed by atoms with E-state index in [-0.39, 0.29) is 37.0 Å². The number of rotatable bonds is 4. The lowest BCUT2D eigenvalue weighted by atomic mass is 9.87. The van der Waals surface area contributed by atoms with Gasteiger partial charge >= 0.3 is 0 Å². The quantitative estimate of drug-likeness (QED) is 0.896. The SMILES string of the molecule is CC1(C)Cc2cc(OC/C(=C/F)CN)ccc2C(=O)N1.Cl. The van der Waals surface area contributed by atoms with Crippen molar-refractivity contribution in [2.24, 2.45) is 5.73 Å². The minimum Gasteiger partial charge on any atom is -0.489 e. The first-order chi connectivity index (χ1) is 9.45. The third-order valence-electron chi connectivity index (χ3n) is 3.25. The number of hydrogen-bond acceptors (Lipinski definition) is 3. The number of nitrogens with one attached hydrogen (secondary N) is 1. The Morgan fingerprint density at radius 2 is 2.24 bits per heavy atom. The van der Waals surface area contributed by atoms with Gasteiger partial charge in [0, 0.05) is 23.2 Å². The summed E-state index contributed by atoms with van der Waals surface area (Å²) in [6.45, 7) is 4.18. The number of fused-ring (bicyclic) bond motifs is 1. The Morgan fingerprint density at radius 3 is 2.86 bits per heavy atom. The van der Waals surface area contributed by atoms with Crippen molar-refractivity contribution in [2.75, 3.05) is 13.2 Å². The van der Waals surface area contributed by atoms with E-state index in [0.717, 1.165) is 12.0 Å². The summed E-state index contributed by atoms with van der Waals surface area (Å²) >= 11 is 0. The fraction of sp³-hybridized carbons (Fsp3) is 0.400. The first-order valence-corrected chi connectivity index (χ1v) is 6.51. The van der Waals surface area contributed by atoms with Crippen LogP contribution in [0.1, 0.15) is 29.8 Å². The van der Waals surface area contributed by atoms with Crippen LogP contribution in [-0.4, -0.2) is 24.6 Å². The smallest absolute Gasteiger partial charge is 0.251 e. The van der Waals surface area contributed by atoms with Crippen LogP contribution in [0.25, 0.3) is 0 Å². The second kappa shape index (κ2) is 6.91. The van der Waals surface area contributed by atoms with Crippen LogP contribution in [0.3, 0.4) is 0 Å². The highest BCUT2D eigenvalue weighted by molar-refractivity contribution is 5.97. The number of nitrogens with two attached hydrogens (primary N) is 1. The lowest BCUT2D eigenvalue weighted by molar-refractivity contribution is 0.0897. The van der Waals surface area contributed by atoms with Crippen LogP contribution in [0.5, 0.6) is 5.75 Å². The number of carbonyl (C=O) groups is 1. The van der Waals surface area contributed by atoms with Crippen LogP contribution < -0.4 is 15.8 Å². The zero-order chi connectivity index (χ0) is 14.8. The molecule has 4 nitrogen and oxygen atoms in total. The predicted octanol–water partition coefficient (Wildman–Crippen LogP) is 2.36. The van der Waals surface area contributed by atoms with Crippen LogP contribution in [0.2, 0.25) is 0 Å². The van der Waals surface area contributed by atoms with Crippen LogP contribution in [-0.2, 0) is 6.42 Å². The largest absolute Gasteiger partial charge is 0.489 e. The van der Waals surface area contributed by atoms with E-state index in [0.29, 0.717) is 23.2 Å². The van der Waals surface area contributed by atoms with Gasteiger partial charge in [-0.05, 0) is 44.0 Å². The van der Waals surface area contributed by atoms with E-state index in [1.807, 2.05) is 19.9 Å². The topological polar surface area (TPSA) is 64.3 Å². The zero-order valence-corrected chi connectivity index (χ0v) is 12.9. The Morgan fingerprint density at radius 1 is 1.52 bits per heavy atom. The Balaban J connectivity index is 0.00000220. The van der Waals surface area contributed by atoms with E-state index < -0.39 is 0 Å². The highest BCUT2D eigenvalue weighted by atomic mass is 35.5. The Hall–Kier alpha value is -1.59. The van der Waals surface area contributed by atoms with Gasteiger partial charge in [0.05, 0.1) is 6.33 Å². The van der Waals surface area contributed by atoms with Gasteiger partial charge in [-0.15, -0.1) is 12.4 Å². The fourth-order valence-corrected chi connectivity index (χ4v) is 2.23. The van der Waals surface area contributed by atoms with E-state index in [1.165, 1.54) is 0 Å². The number of hydrogen-bond donors (Lipinski definition) is 2. The summed E-state index contributed by atoms with van der Waals surface area (Å²) in [7, 11) is 0. The molecule has 0 bridgehead atoms. The number of halogens is 2. The molecule has 6 heteroatoms. The summed E-state index contributed by atoms with van der Waals surface area (Å²) in [6.07, 6.45) is 1.20. The van der Waals surface area contributed by atoms with E-state index >= 15 is 0 Å². The number of amides is 1. The molecule has 0 unspecified atom stereocenters. The maximum absolute atomic E-state index is 12.4. The molecule has 0 fully saturated rings. The lowest BCUT2D eigenvalue weighted by Crippen LogP contribution is -2.49. The van der Waals surface area contributed by atoms with Crippen molar-refractivity contribution in [3.05, 3.63) is 41.2 Å². The molecule has 1 aliphatic heterocycles. The van der Waals surface area contributed by atoms with Gasteiger partial charge in [0.2, 0.25) is 0 Å². The highest BCUT2D eigenvalue weighted by Crippen LogP contribution is 2.26. The summed E-state index contributed by atoms with van der Waals surface area (Å²) in [5.74, 6) is 0.538. The second-order valence-corrected chi connectivity index (χ2v) is 5.59. The van der Waals surface area contributed by atoms with Crippen LogP contribution in [0.4, 0.5) is 4.39 Å². The van der Waals surface area contributed by atoms with Gasteiger partial charge in [-0.3, -0.25) is 4.79 Å². The summed E-state index contributed by atoms with van der Waals surface area (Å²) in [5.41, 5.74) is 7.09. The minimum absolute atomic E-state index is 0. The van der Waals surface area contributed by atoms with Gasteiger partial charge in [-0.1, -0.05) is 0 Å². The van der Waals surface area contributed by atoms with Crippen LogP contribution in [0, 0.1) is 0 Å². The fourth-order valence-electron chi connectivity index (χ4n) is 2.23. The van der Waals surface area contributed by atoms with E-state index in [9.17, 15) is 9.18 Å². The van der Waals surface area contributed by atoms with Crippen LogP contribution in [0.15, 0.2) is 30.1 Å². The Kier molecular flexibility index (Phi) is 5.75. The van der Waals surface area contributed by atoms with Gasteiger partial charge in [-0.2, -0.15) is 0 Å². The molecule has 0 atom stereocenters. The van der Waals surface area contributed by atoms with Gasteiger partial charge in [-0.25, -0.2) is 4.39 Å². The normalized spacial score (nSPS) is 16.6. The molecule has 0 radical (unpaired) electrons. The summed E-state index contributed by atoms with van der Waals surface area (Å²) < 4.78 is 17.9. The van der Waals surface area contributed by atoms with Crippen molar-refractivity contribution in [3.8, 4) is 5.75 Å². The first kappa shape index (κ1) is 17.5. The molecular formula is C15H20ClFN2O2. The highest BCUT2D eigenvalue weighted by Gasteiger charge is 2.29. The minimum atomic E-state index is -0.274. The second-order valence-electron chi connectivity index (χ2n) is 5.59. The van der Waals surface area contributed by atoms with E-state index in [1.54, 1.807) is 12.1 Å². The molecule has 0 aromatic heterocycles. The zero-order valence-electron chi connectivity index (χ0n) is 12.1. The molecular weight excluding hydrogens is 295 g/mol. The van der Waals surface area contributed by atoms with Crippen molar-refractivity contribution in [2.45, 2.75) is 25.8 Å². The van der Waals surface area contributed by atoms with Gasteiger partial charge in [0.1, 0.15) is 12.4 Å². The van der Waals surface area contributed by atoms with Crippen molar-refractivity contribution in [1.82, 2.24) is 5.32 Å². The van der Waals surface area contributed by atoms with Crippen LogP contribution >= 0.6 is 12.4 Å². The molecule has 0 aliphatic carbocycles. The van der Waals surface area contributed by atoms with Crippen molar-refractivity contribution in [3.63, 3.8) is 0 Å². The molecule has 1 aromatic carbocycles. The molecule has 116 valence electrons. The third-order valence-corrected chi connectivity index (χ3v) is 3.25. The molecule has 1 aromatic rings. The number of carbonyl (C=O) groups excluding carboxylic acids is 1. The molecule has 0 spiro atoms. The Labute approximate surface area is 130 Å². The average molecular weight is 315 g/mol. The molecule has 3 N–H and O–H groups in total. The maximum Gasteiger partial charge on any atom is 0.251 e. The molecule has 0 saturated heterocycles. The predicted molar refractivity (Wildman–Crippen MR) is 82.7 cm³/mol. The summed E-state index contributed by atoms with van der Waals surface area (Å²) in [5, 5.41) is 2.94. The molecule has 0 saturated carbocycles. The average Bonchev–Trinajstić information content (AvgIpc) is 2.38. The van der Waals surface area contributed by atoms with E-state index in [4.69, 9.17) is 10.5 Å². The molecule has 1 heterocycles. The third kappa shape index (κ3) is 4.19. The maximum atomic E-state index is 12.4. The van der Waals surface area contributed by atoms with E-state index in [2.05, 4.69) is 5.32 Å². The number of benzene rings is 1. The summed E-state index contributed by atoms with van der Waals surface area (Å²) in [4.78, 5) is 11.9. The monoisotopic (exact) mass is 314 g/mol. The molecule has 1 aliphatic rings. The lowest BCUT2D eigenvalue weighted by Gasteiger charge is -2.32. The van der Waals surface area contributed by atoms with Crippen molar-refractivity contribution in [1.29, 1.82) is 0 Å². The first-order valence-electron chi connectivity index (χ1n) is 6.51. The van der Waals surface area contributed by atoms with Gasteiger partial charge in [0.25, 0.3) is 5.91 Å². The Bertz CT molecular complexity index is 559. The van der Waals surface area contributed by atoms with Gasteiger partial charge < -0.3 is 15.8 Å². The van der Waals surface area contributed by atoms with Crippen molar-refractivity contribution < 1.29 is 13.9 Å². The molecule has 21 heavy (non-hydrogen) atoms.